The number of methoxy groups -OCH3 is 1. The van der Waals surface area contributed by atoms with Gasteiger partial charge in [0.1, 0.15) is 5.75 Å². The fraction of sp³-hybridized carbons (Fsp3) is 0.286. The summed E-state index contributed by atoms with van der Waals surface area (Å²) in [6, 6.07) is 9.16. The average Bonchev–Trinajstić information content (AvgIpc) is 2.79. The molecule has 0 saturated heterocycles. The highest BCUT2D eigenvalue weighted by Crippen LogP contribution is 2.51. The van der Waals surface area contributed by atoms with Crippen molar-refractivity contribution in [2.24, 2.45) is 0 Å². The Bertz CT molecular complexity index is 1080. The molecule has 0 aliphatic carbocycles. The predicted octanol–water partition coefficient (Wildman–Crippen LogP) is 3.00. The van der Waals surface area contributed by atoms with Crippen LogP contribution in [0.15, 0.2) is 36.4 Å². The van der Waals surface area contributed by atoms with Gasteiger partial charge >= 0.3 is 13.6 Å². The summed E-state index contributed by atoms with van der Waals surface area (Å²) in [5, 5.41) is 14.4. The Kier molecular flexibility index (Phi) is 9.01. The summed E-state index contributed by atoms with van der Waals surface area (Å²) in [5.74, 6) is -3.98. The van der Waals surface area contributed by atoms with E-state index in [4.69, 9.17) is 20.6 Å². The van der Waals surface area contributed by atoms with Gasteiger partial charge < -0.3 is 29.5 Å². The summed E-state index contributed by atoms with van der Waals surface area (Å²) in [7, 11) is -0.883. The zero-order valence-corrected chi connectivity index (χ0v) is 20.0. The van der Waals surface area contributed by atoms with Crippen LogP contribution >= 0.6 is 19.2 Å². The van der Waals surface area contributed by atoms with Crippen LogP contribution in [0.1, 0.15) is 31.8 Å². The number of ether oxygens (including phenoxy) is 1. The van der Waals surface area contributed by atoms with Crippen molar-refractivity contribution < 1.29 is 37.8 Å². The smallest absolute Gasteiger partial charge is 0.363 e. The largest absolute Gasteiger partial charge is 0.508 e. The maximum atomic E-state index is 12.9. The second kappa shape index (κ2) is 11.3. The standard InChI is InChI=1S/C21H24ClN2O8P/c1-12-8-14(18(26)23-11-13-6-5-7-15(25)9-13)10-16(22)17(12)19(27)24-20(21(28)30-2)33(29,31-3)32-4/h5-10,20,25H,11H2,1-4H3,(H,23,26)(H,24,27). The number of phenols is 1. The zero-order valence-electron chi connectivity index (χ0n) is 18.4. The normalized spacial score (nSPS) is 12.0. The highest BCUT2D eigenvalue weighted by molar-refractivity contribution is 7.55. The summed E-state index contributed by atoms with van der Waals surface area (Å²) in [6.45, 7) is 1.71. The van der Waals surface area contributed by atoms with E-state index in [1.807, 2.05) is 0 Å². The molecule has 0 aliphatic heterocycles. The minimum atomic E-state index is -4.07. The lowest BCUT2D eigenvalue weighted by molar-refractivity contribution is -0.141. The molecule has 2 amide bonds. The lowest BCUT2D eigenvalue weighted by Crippen LogP contribution is -2.42. The number of esters is 1. The summed E-state index contributed by atoms with van der Waals surface area (Å²) < 4.78 is 26.9. The zero-order chi connectivity index (χ0) is 24.8. The lowest BCUT2D eigenvalue weighted by atomic mass is 10.0. The Morgan fingerprint density at radius 2 is 1.76 bits per heavy atom. The first-order chi connectivity index (χ1) is 15.6. The van der Waals surface area contributed by atoms with Crippen molar-refractivity contribution in [1.82, 2.24) is 10.6 Å². The number of rotatable bonds is 9. The van der Waals surface area contributed by atoms with Crippen molar-refractivity contribution in [2.45, 2.75) is 19.3 Å². The third kappa shape index (κ3) is 6.33. The van der Waals surface area contributed by atoms with E-state index in [0.717, 1.165) is 21.3 Å². The lowest BCUT2D eigenvalue weighted by Gasteiger charge is -2.23. The van der Waals surface area contributed by atoms with Crippen LogP contribution in [0.2, 0.25) is 5.02 Å². The number of hydrogen-bond acceptors (Lipinski definition) is 8. The molecule has 1 atom stereocenters. The molecule has 2 aromatic rings. The van der Waals surface area contributed by atoms with E-state index in [2.05, 4.69) is 15.4 Å². The molecule has 3 N–H and O–H groups in total. The molecule has 0 aromatic heterocycles. The number of hydrogen-bond donors (Lipinski definition) is 3. The summed E-state index contributed by atoms with van der Waals surface area (Å²) in [4.78, 5) is 37.5. The summed E-state index contributed by atoms with van der Waals surface area (Å²) in [5.41, 5.74) is 1.18. The minimum Gasteiger partial charge on any atom is -0.508 e. The van der Waals surface area contributed by atoms with Crippen molar-refractivity contribution in [2.75, 3.05) is 21.3 Å². The van der Waals surface area contributed by atoms with Crippen LogP contribution in [0.3, 0.4) is 0 Å². The topological polar surface area (TPSA) is 140 Å². The van der Waals surface area contributed by atoms with Gasteiger partial charge in [0.05, 0.1) is 17.7 Å². The fourth-order valence-corrected chi connectivity index (χ4v) is 4.54. The molecule has 0 fully saturated rings. The van der Waals surface area contributed by atoms with Crippen LogP contribution < -0.4 is 10.6 Å². The number of aryl methyl sites for hydroxylation is 1. The third-order valence-electron chi connectivity index (χ3n) is 4.66. The fourth-order valence-electron chi connectivity index (χ4n) is 2.97. The molecule has 178 valence electrons. The van der Waals surface area contributed by atoms with E-state index in [1.54, 1.807) is 19.1 Å². The van der Waals surface area contributed by atoms with Gasteiger partial charge in [0, 0.05) is 26.3 Å². The number of aromatic hydroxyl groups is 1. The molecular weight excluding hydrogens is 475 g/mol. The molecular formula is C21H24ClN2O8P. The van der Waals surface area contributed by atoms with E-state index < -0.39 is 31.2 Å². The number of nitrogens with one attached hydrogen (secondary N) is 2. The first kappa shape index (κ1) is 26.3. The minimum absolute atomic E-state index is 0.0335. The van der Waals surface area contributed by atoms with Crippen molar-refractivity contribution in [3.05, 3.63) is 63.7 Å². The number of halogens is 1. The molecule has 0 spiro atoms. The van der Waals surface area contributed by atoms with Crippen molar-refractivity contribution in [1.29, 1.82) is 0 Å². The number of amides is 2. The molecule has 33 heavy (non-hydrogen) atoms. The maximum Gasteiger partial charge on any atom is 0.363 e. The molecule has 12 heteroatoms. The van der Waals surface area contributed by atoms with Crippen molar-refractivity contribution in [3.8, 4) is 5.75 Å². The van der Waals surface area contributed by atoms with Crippen LogP contribution in [-0.2, 0) is 29.7 Å². The molecule has 10 nitrogen and oxygen atoms in total. The molecule has 0 heterocycles. The van der Waals surface area contributed by atoms with Crippen LogP contribution in [0.5, 0.6) is 5.75 Å². The second-order valence-corrected chi connectivity index (χ2v) is 9.54. The number of carbonyl (C=O) groups is 3. The van der Waals surface area contributed by atoms with Gasteiger partial charge in [-0.1, -0.05) is 23.7 Å². The third-order valence-corrected chi connectivity index (χ3v) is 6.95. The van der Waals surface area contributed by atoms with Gasteiger partial charge in [-0.15, -0.1) is 0 Å². The maximum absolute atomic E-state index is 12.9. The molecule has 0 saturated carbocycles. The molecule has 0 radical (unpaired) electrons. The van der Waals surface area contributed by atoms with E-state index in [-0.39, 0.29) is 28.4 Å². The predicted molar refractivity (Wildman–Crippen MR) is 120 cm³/mol. The Morgan fingerprint density at radius 3 is 2.30 bits per heavy atom. The SMILES string of the molecule is COC(=O)C(NC(=O)c1c(C)cc(C(=O)NCc2cccc(O)c2)cc1Cl)P(=O)(OC)OC. The summed E-state index contributed by atoms with van der Waals surface area (Å²) >= 11 is 6.27. The van der Waals surface area contributed by atoms with Gasteiger partial charge in [-0.05, 0) is 42.3 Å². The van der Waals surface area contributed by atoms with Gasteiger partial charge in [0.2, 0.25) is 5.78 Å². The van der Waals surface area contributed by atoms with Gasteiger partial charge in [-0.25, -0.2) is 4.79 Å². The second-order valence-electron chi connectivity index (χ2n) is 6.81. The first-order valence-electron chi connectivity index (χ1n) is 9.52. The molecule has 1 unspecified atom stereocenters. The number of carbonyl (C=O) groups excluding carboxylic acids is 3. The van der Waals surface area contributed by atoms with Gasteiger partial charge in [0.15, 0.2) is 0 Å². The Hall–Kier alpha value is -2.91. The number of phenolic OH excluding ortho intramolecular Hbond substituents is 1. The highest BCUT2D eigenvalue weighted by Gasteiger charge is 2.42. The van der Waals surface area contributed by atoms with Crippen LogP contribution in [-0.4, -0.2) is 50.0 Å². The molecule has 0 bridgehead atoms. The van der Waals surface area contributed by atoms with Crippen LogP contribution in [0, 0.1) is 6.92 Å². The van der Waals surface area contributed by atoms with Crippen LogP contribution in [0.4, 0.5) is 0 Å². The Labute approximate surface area is 195 Å². The highest BCUT2D eigenvalue weighted by atomic mass is 35.5. The molecule has 2 aromatic carbocycles. The Balaban J connectivity index is 2.24. The Morgan fingerprint density at radius 1 is 1.09 bits per heavy atom. The van der Waals surface area contributed by atoms with Gasteiger partial charge in [0.25, 0.3) is 11.8 Å². The first-order valence-corrected chi connectivity index (χ1v) is 11.5. The van der Waals surface area contributed by atoms with Gasteiger partial charge in [-0.3, -0.25) is 14.2 Å². The van der Waals surface area contributed by atoms with E-state index in [1.165, 1.54) is 24.3 Å². The van der Waals surface area contributed by atoms with Crippen molar-refractivity contribution >= 4 is 37.0 Å². The number of benzene rings is 2. The summed E-state index contributed by atoms with van der Waals surface area (Å²) in [6.07, 6.45) is 0. The van der Waals surface area contributed by atoms with E-state index in [9.17, 15) is 24.1 Å². The van der Waals surface area contributed by atoms with Crippen molar-refractivity contribution in [3.63, 3.8) is 0 Å². The monoisotopic (exact) mass is 498 g/mol. The molecule has 2 rings (SSSR count). The van der Waals surface area contributed by atoms with Crippen LogP contribution in [0.25, 0.3) is 0 Å². The van der Waals surface area contributed by atoms with E-state index in [0.29, 0.717) is 11.1 Å². The van der Waals surface area contributed by atoms with E-state index >= 15 is 0 Å². The van der Waals surface area contributed by atoms with Gasteiger partial charge in [-0.2, -0.15) is 0 Å². The average molecular weight is 499 g/mol. The molecule has 0 aliphatic rings. The quantitative estimate of drug-likeness (QED) is 0.354.